The van der Waals surface area contributed by atoms with Crippen LogP contribution in [0.15, 0.2) is 17.7 Å². The van der Waals surface area contributed by atoms with Crippen LogP contribution in [-0.2, 0) is 4.79 Å². The molecule has 0 aliphatic carbocycles. The number of alkyl halides is 3. The lowest BCUT2D eigenvalue weighted by atomic mass is 10.0. The van der Waals surface area contributed by atoms with E-state index in [1.54, 1.807) is 0 Å². The largest absolute Gasteiger partial charge is 0.474 e. The average molecular weight is 297 g/mol. The Hall–Kier alpha value is -1.20. The van der Waals surface area contributed by atoms with E-state index in [0.717, 1.165) is 6.08 Å². The lowest BCUT2D eigenvalue weighted by molar-refractivity contribution is -0.184. The predicted molar refractivity (Wildman–Crippen MR) is 61.0 cm³/mol. The Kier molecular flexibility index (Phi) is 3.29. The van der Waals surface area contributed by atoms with Crippen LogP contribution in [0.1, 0.15) is 5.56 Å². The molecule has 1 aromatic carbocycles. The molecule has 0 amide bonds. The first-order chi connectivity index (χ1) is 8.32. The van der Waals surface area contributed by atoms with Gasteiger partial charge in [0.2, 0.25) is 6.10 Å². The minimum absolute atomic E-state index is 0.0343. The van der Waals surface area contributed by atoms with E-state index in [1.807, 2.05) is 0 Å². The standard InChI is InChI=1S/C11H5Cl2F3O2/c12-7-2-5-1-6(4-17)10(11(14,15)16)18-9(5)8(13)3-7/h1-4,10H/t10-/m1/s1. The van der Waals surface area contributed by atoms with Gasteiger partial charge >= 0.3 is 6.18 Å². The van der Waals surface area contributed by atoms with Gasteiger partial charge in [-0.05, 0) is 18.2 Å². The number of rotatable bonds is 1. The van der Waals surface area contributed by atoms with Crippen molar-refractivity contribution < 1.29 is 22.7 Å². The molecule has 18 heavy (non-hydrogen) atoms. The topological polar surface area (TPSA) is 26.3 Å². The Morgan fingerprint density at radius 1 is 1.28 bits per heavy atom. The lowest BCUT2D eigenvalue weighted by Gasteiger charge is -2.27. The Bertz CT molecular complexity index is 538. The molecule has 1 aliphatic rings. The lowest BCUT2D eigenvalue weighted by Crippen LogP contribution is -2.38. The normalized spacial score (nSPS) is 18.7. The summed E-state index contributed by atoms with van der Waals surface area (Å²) < 4.78 is 42.8. The van der Waals surface area contributed by atoms with Crippen molar-refractivity contribution in [1.29, 1.82) is 0 Å². The van der Waals surface area contributed by atoms with Crippen LogP contribution in [0.2, 0.25) is 10.0 Å². The molecule has 0 radical (unpaired) electrons. The minimum atomic E-state index is -4.69. The fourth-order valence-corrected chi connectivity index (χ4v) is 2.16. The molecule has 0 bridgehead atoms. The zero-order valence-electron chi connectivity index (χ0n) is 8.59. The van der Waals surface area contributed by atoms with E-state index in [9.17, 15) is 18.0 Å². The van der Waals surface area contributed by atoms with Gasteiger partial charge in [-0.15, -0.1) is 0 Å². The van der Waals surface area contributed by atoms with Crippen molar-refractivity contribution in [3.8, 4) is 5.75 Å². The van der Waals surface area contributed by atoms with Crippen molar-refractivity contribution in [3.05, 3.63) is 33.3 Å². The maximum Gasteiger partial charge on any atom is 0.429 e. The molecule has 0 spiro atoms. The third-order valence-corrected chi connectivity index (χ3v) is 2.83. The van der Waals surface area contributed by atoms with Crippen LogP contribution >= 0.6 is 23.2 Å². The molecular weight excluding hydrogens is 292 g/mol. The molecule has 1 aliphatic heterocycles. The van der Waals surface area contributed by atoms with E-state index in [0.29, 0.717) is 0 Å². The highest BCUT2D eigenvalue weighted by molar-refractivity contribution is 6.36. The summed E-state index contributed by atoms with van der Waals surface area (Å²) in [7, 11) is 0. The van der Waals surface area contributed by atoms with Crippen LogP contribution in [0.25, 0.3) is 6.08 Å². The van der Waals surface area contributed by atoms with E-state index in [2.05, 4.69) is 0 Å². The van der Waals surface area contributed by atoms with Crippen molar-refractivity contribution in [2.75, 3.05) is 0 Å². The smallest absolute Gasteiger partial charge is 0.429 e. The average Bonchev–Trinajstić information content (AvgIpc) is 2.25. The number of ether oxygens (including phenoxy) is 1. The highest BCUT2D eigenvalue weighted by Gasteiger charge is 2.46. The summed E-state index contributed by atoms with van der Waals surface area (Å²) in [6.45, 7) is 0. The maximum atomic E-state index is 12.7. The highest BCUT2D eigenvalue weighted by atomic mass is 35.5. The van der Waals surface area contributed by atoms with E-state index < -0.39 is 17.9 Å². The van der Waals surface area contributed by atoms with Crippen molar-refractivity contribution >= 4 is 35.6 Å². The highest BCUT2D eigenvalue weighted by Crippen LogP contribution is 2.41. The second-order valence-electron chi connectivity index (χ2n) is 3.61. The second-order valence-corrected chi connectivity index (χ2v) is 4.45. The summed E-state index contributed by atoms with van der Waals surface area (Å²) in [5, 5.41) is 0.210. The molecule has 96 valence electrons. The molecule has 0 fully saturated rings. The Labute approximate surface area is 110 Å². The number of fused-ring (bicyclic) bond motifs is 1. The monoisotopic (exact) mass is 296 g/mol. The number of hydrogen-bond acceptors (Lipinski definition) is 2. The zero-order valence-corrected chi connectivity index (χ0v) is 10.1. The molecule has 7 heteroatoms. The summed E-state index contributed by atoms with van der Waals surface area (Å²) in [6.07, 6.45) is -5.81. The molecule has 2 rings (SSSR count). The number of benzene rings is 1. The molecule has 1 atom stereocenters. The molecular formula is C11H5Cl2F3O2. The zero-order chi connectivity index (χ0) is 13.5. The summed E-state index contributed by atoms with van der Waals surface area (Å²) in [5.41, 5.74) is -0.275. The predicted octanol–water partition coefficient (Wildman–Crippen LogP) is 3.90. The van der Waals surface area contributed by atoms with Gasteiger partial charge in [-0.3, -0.25) is 4.79 Å². The van der Waals surface area contributed by atoms with Gasteiger partial charge in [-0.2, -0.15) is 13.2 Å². The van der Waals surface area contributed by atoms with Gasteiger partial charge in [-0.1, -0.05) is 23.2 Å². The number of carbonyl (C=O) groups excluding carboxylic acids is 1. The first kappa shape index (κ1) is 13.2. The van der Waals surface area contributed by atoms with Crippen LogP contribution in [0.4, 0.5) is 13.2 Å². The molecule has 0 aromatic heterocycles. The first-order valence-electron chi connectivity index (χ1n) is 4.72. The van der Waals surface area contributed by atoms with Crippen molar-refractivity contribution in [2.24, 2.45) is 0 Å². The summed E-state index contributed by atoms with van der Waals surface area (Å²) in [4.78, 5) is 10.7. The van der Waals surface area contributed by atoms with E-state index in [-0.39, 0.29) is 27.6 Å². The number of halogens is 5. The molecule has 1 heterocycles. The molecule has 1 aromatic rings. The Morgan fingerprint density at radius 2 is 1.94 bits per heavy atom. The second kappa shape index (κ2) is 4.48. The molecule has 0 saturated heterocycles. The molecule has 2 nitrogen and oxygen atoms in total. The molecule has 0 N–H and O–H groups in total. The number of carbonyl (C=O) groups is 1. The maximum absolute atomic E-state index is 12.7. The van der Waals surface area contributed by atoms with Crippen LogP contribution in [0.3, 0.4) is 0 Å². The van der Waals surface area contributed by atoms with E-state index in [1.165, 1.54) is 12.1 Å². The van der Waals surface area contributed by atoms with Crippen molar-refractivity contribution in [3.63, 3.8) is 0 Å². The van der Waals surface area contributed by atoms with Crippen molar-refractivity contribution in [2.45, 2.75) is 12.3 Å². The van der Waals surface area contributed by atoms with Gasteiger partial charge in [0.25, 0.3) is 0 Å². The molecule has 0 saturated carbocycles. The fourth-order valence-electron chi connectivity index (χ4n) is 1.60. The van der Waals surface area contributed by atoms with Gasteiger partial charge in [0, 0.05) is 16.2 Å². The van der Waals surface area contributed by atoms with Crippen LogP contribution in [0, 0.1) is 0 Å². The number of hydrogen-bond donors (Lipinski definition) is 0. The van der Waals surface area contributed by atoms with E-state index in [4.69, 9.17) is 27.9 Å². The summed E-state index contributed by atoms with van der Waals surface area (Å²) in [6, 6.07) is 2.65. The fraction of sp³-hybridized carbons (Fsp3) is 0.182. The van der Waals surface area contributed by atoms with E-state index >= 15 is 0 Å². The van der Waals surface area contributed by atoms with Gasteiger partial charge in [0.05, 0.1) is 5.02 Å². The third kappa shape index (κ3) is 2.33. The quantitative estimate of drug-likeness (QED) is 0.735. The van der Waals surface area contributed by atoms with Crippen LogP contribution in [-0.4, -0.2) is 18.6 Å². The van der Waals surface area contributed by atoms with Crippen LogP contribution < -0.4 is 4.74 Å². The first-order valence-corrected chi connectivity index (χ1v) is 5.47. The Balaban J connectivity index is 2.57. The van der Waals surface area contributed by atoms with Gasteiger partial charge < -0.3 is 4.74 Å². The van der Waals surface area contributed by atoms with Gasteiger partial charge in [0.15, 0.2) is 0 Å². The number of aldehydes is 1. The van der Waals surface area contributed by atoms with Crippen molar-refractivity contribution in [1.82, 2.24) is 0 Å². The summed E-state index contributed by atoms with van der Waals surface area (Å²) >= 11 is 11.5. The van der Waals surface area contributed by atoms with Crippen LogP contribution in [0.5, 0.6) is 5.75 Å². The SMILES string of the molecule is O=CC1=Cc2cc(Cl)cc(Cl)c2O[C@H]1C(F)(F)F. The third-order valence-electron chi connectivity index (χ3n) is 2.33. The summed E-state index contributed by atoms with van der Waals surface area (Å²) in [5.74, 6) is -0.131. The Morgan fingerprint density at radius 3 is 2.50 bits per heavy atom. The van der Waals surface area contributed by atoms with Gasteiger partial charge in [0.1, 0.15) is 12.0 Å². The minimum Gasteiger partial charge on any atom is -0.474 e. The molecule has 0 unspecified atom stereocenters. The van der Waals surface area contributed by atoms with Gasteiger partial charge in [-0.25, -0.2) is 0 Å².